The van der Waals surface area contributed by atoms with Gasteiger partial charge in [0.15, 0.2) is 6.04 Å². The summed E-state index contributed by atoms with van der Waals surface area (Å²) in [5, 5.41) is 5.49. The lowest BCUT2D eigenvalue weighted by Crippen LogP contribution is -3.18. The fourth-order valence-corrected chi connectivity index (χ4v) is 4.06. The predicted molar refractivity (Wildman–Crippen MR) is 86.7 cm³/mol. The van der Waals surface area contributed by atoms with Crippen molar-refractivity contribution in [2.24, 2.45) is 11.8 Å². The fourth-order valence-electron chi connectivity index (χ4n) is 4.06. The molecule has 22 heavy (non-hydrogen) atoms. The van der Waals surface area contributed by atoms with Gasteiger partial charge in [-0.15, -0.1) is 0 Å². The van der Waals surface area contributed by atoms with Crippen LogP contribution >= 0.6 is 0 Å². The van der Waals surface area contributed by atoms with E-state index in [4.69, 9.17) is 0 Å². The van der Waals surface area contributed by atoms with E-state index in [1.54, 1.807) is 0 Å². The van der Waals surface area contributed by atoms with Gasteiger partial charge >= 0.3 is 6.03 Å². The van der Waals surface area contributed by atoms with Crippen LogP contribution in [0.25, 0.3) is 0 Å². The average Bonchev–Trinajstić information content (AvgIpc) is 2.46. The van der Waals surface area contributed by atoms with E-state index >= 15 is 0 Å². The maximum Gasteiger partial charge on any atom is 0.321 e. The molecule has 2 fully saturated rings. The van der Waals surface area contributed by atoms with Gasteiger partial charge in [-0.2, -0.15) is 0 Å². The van der Waals surface area contributed by atoms with Gasteiger partial charge in [-0.05, 0) is 26.2 Å². The Balaban J connectivity index is 1.78. The number of quaternary nitrogens is 1. The largest absolute Gasteiger partial charge is 0.335 e. The van der Waals surface area contributed by atoms with Crippen molar-refractivity contribution in [3.8, 4) is 0 Å². The highest BCUT2D eigenvalue weighted by atomic mass is 16.2. The summed E-state index contributed by atoms with van der Waals surface area (Å²) in [7, 11) is 0. The Hall–Kier alpha value is -1.10. The van der Waals surface area contributed by atoms with E-state index in [-0.39, 0.29) is 24.0 Å². The number of carbonyl (C=O) groups excluding carboxylic acids is 2. The summed E-state index contributed by atoms with van der Waals surface area (Å²) < 4.78 is 0. The molecular weight excluding hydrogens is 278 g/mol. The normalized spacial score (nSPS) is 31.3. The standard InChI is InChI=1S/C17H31N3O2/c1-12-9-13(2)11-20(10-12)14(3)16(21)19-17(22)18-15-7-5-4-6-8-15/h12-15H,4-11H2,1-3H3,(H2,18,19,21,22)/p+1/t12-,13-,14-/m0/s1. The first-order valence-corrected chi connectivity index (χ1v) is 8.91. The van der Waals surface area contributed by atoms with Gasteiger partial charge < -0.3 is 10.2 Å². The maximum absolute atomic E-state index is 12.3. The SMILES string of the molecule is C[C@H]1C[C@H](C)C[NH+]([C@@H](C)C(=O)NC(=O)NC2CCCCC2)C1. The molecule has 1 aliphatic heterocycles. The van der Waals surface area contributed by atoms with Crippen LogP contribution in [-0.2, 0) is 4.79 Å². The molecule has 5 nitrogen and oxygen atoms in total. The van der Waals surface area contributed by atoms with Crippen LogP contribution in [0.15, 0.2) is 0 Å². The lowest BCUT2D eigenvalue weighted by atomic mass is 9.91. The first-order valence-electron chi connectivity index (χ1n) is 8.91. The first-order chi connectivity index (χ1) is 10.5. The van der Waals surface area contributed by atoms with Crippen LogP contribution in [-0.4, -0.2) is 37.1 Å². The molecule has 1 heterocycles. The molecule has 0 unspecified atom stereocenters. The number of rotatable bonds is 3. The first kappa shape index (κ1) is 17.3. The zero-order valence-electron chi connectivity index (χ0n) is 14.3. The second-order valence-electron chi connectivity index (χ2n) is 7.53. The van der Waals surface area contributed by atoms with Crippen molar-refractivity contribution < 1.29 is 14.5 Å². The maximum atomic E-state index is 12.3. The summed E-state index contributed by atoms with van der Waals surface area (Å²) in [4.78, 5) is 25.6. The van der Waals surface area contributed by atoms with Crippen molar-refractivity contribution in [2.45, 2.75) is 71.4 Å². The number of urea groups is 1. The van der Waals surface area contributed by atoms with E-state index in [1.807, 2.05) is 6.92 Å². The van der Waals surface area contributed by atoms with Crippen LogP contribution in [0.3, 0.4) is 0 Å². The molecule has 0 bridgehead atoms. The molecule has 5 heteroatoms. The van der Waals surface area contributed by atoms with E-state index in [0.29, 0.717) is 11.8 Å². The Morgan fingerprint density at radius 1 is 1.05 bits per heavy atom. The van der Waals surface area contributed by atoms with E-state index in [2.05, 4.69) is 24.5 Å². The smallest absolute Gasteiger partial charge is 0.321 e. The molecule has 2 aliphatic rings. The summed E-state index contributed by atoms with van der Waals surface area (Å²) in [6.45, 7) is 8.46. The number of hydrogen-bond acceptors (Lipinski definition) is 2. The molecule has 1 aliphatic carbocycles. The highest BCUT2D eigenvalue weighted by Gasteiger charge is 2.33. The number of amides is 3. The molecule has 0 aromatic heterocycles. The third kappa shape index (κ3) is 4.97. The molecule has 3 atom stereocenters. The number of hydrogen-bond donors (Lipinski definition) is 3. The quantitative estimate of drug-likeness (QED) is 0.731. The second kappa shape index (κ2) is 7.95. The molecule has 0 aromatic rings. The van der Waals surface area contributed by atoms with Crippen LogP contribution < -0.4 is 15.5 Å². The monoisotopic (exact) mass is 310 g/mol. The van der Waals surface area contributed by atoms with Crippen LogP contribution in [0.1, 0.15) is 59.3 Å². The van der Waals surface area contributed by atoms with Crippen molar-refractivity contribution in [3.05, 3.63) is 0 Å². The van der Waals surface area contributed by atoms with Crippen molar-refractivity contribution in [1.82, 2.24) is 10.6 Å². The minimum atomic E-state index is -0.318. The molecule has 0 spiro atoms. The zero-order valence-corrected chi connectivity index (χ0v) is 14.3. The molecular formula is C17H32N3O2+. The number of piperidine rings is 1. The van der Waals surface area contributed by atoms with Crippen LogP contribution in [0, 0.1) is 11.8 Å². The lowest BCUT2D eigenvalue weighted by molar-refractivity contribution is -0.925. The van der Waals surface area contributed by atoms with Crippen LogP contribution in [0.5, 0.6) is 0 Å². The van der Waals surface area contributed by atoms with E-state index in [9.17, 15) is 9.59 Å². The summed E-state index contributed by atoms with van der Waals surface area (Å²) in [6, 6.07) is -0.247. The van der Waals surface area contributed by atoms with Gasteiger partial charge in [-0.25, -0.2) is 4.79 Å². The molecule has 3 amide bonds. The molecule has 0 aromatic carbocycles. The number of nitrogens with one attached hydrogen (secondary N) is 3. The van der Waals surface area contributed by atoms with Gasteiger partial charge in [0.2, 0.25) is 0 Å². The van der Waals surface area contributed by atoms with Gasteiger partial charge in [0.05, 0.1) is 13.1 Å². The number of imide groups is 1. The highest BCUT2D eigenvalue weighted by Crippen LogP contribution is 2.17. The third-order valence-corrected chi connectivity index (χ3v) is 5.21. The van der Waals surface area contributed by atoms with E-state index in [1.165, 1.54) is 30.6 Å². The molecule has 2 rings (SSSR count). The summed E-state index contributed by atoms with van der Waals surface area (Å²) in [5.41, 5.74) is 0. The van der Waals surface area contributed by atoms with Crippen molar-refractivity contribution in [2.75, 3.05) is 13.1 Å². The highest BCUT2D eigenvalue weighted by molar-refractivity contribution is 5.96. The van der Waals surface area contributed by atoms with Gasteiger partial charge in [0.1, 0.15) is 0 Å². The van der Waals surface area contributed by atoms with Crippen molar-refractivity contribution in [3.63, 3.8) is 0 Å². The van der Waals surface area contributed by atoms with Gasteiger partial charge in [-0.1, -0.05) is 33.1 Å². The van der Waals surface area contributed by atoms with E-state index < -0.39 is 0 Å². The van der Waals surface area contributed by atoms with Gasteiger partial charge in [0, 0.05) is 17.9 Å². The Morgan fingerprint density at radius 2 is 1.64 bits per heavy atom. The van der Waals surface area contributed by atoms with Crippen LogP contribution in [0.4, 0.5) is 4.79 Å². The minimum Gasteiger partial charge on any atom is -0.335 e. The Labute approximate surface area is 134 Å². The van der Waals surface area contributed by atoms with Gasteiger partial charge in [-0.3, -0.25) is 10.1 Å². The fraction of sp³-hybridized carbons (Fsp3) is 0.882. The zero-order chi connectivity index (χ0) is 16.1. The van der Waals surface area contributed by atoms with Gasteiger partial charge in [0.25, 0.3) is 5.91 Å². The summed E-state index contributed by atoms with van der Waals surface area (Å²) in [6.07, 6.45) is 6.89. The second-order valence-corrected chi connectivity index (χ2v) is 7.53. The van der Waals surface area contributed by atoms with Crippen molar-refractivity contribution in [1.29, 1.82) is 0 Å². The Morgan fingerprint density at radius 3 is 2.23 bits per heavy atom. The van der Waals surface area contributed by atoms with E-state index in [0.717, 1.165) is 25.9 Å². The molecule has 1 saturated carbocycles. The Kier molecular flexibility index (Phi) is 6.24. The summed E-state index contributed by atoms with van der Waals surface area (Å²) in [5.74, 6) is 1.14. The lowest BCUT2D eigenvalue weighted by Gasteiger charge is -2.35. The number of carbonyl (C=O) groups is 2. The molecule has 126 valence electrons. The molecule has 1 saturated heterocycles. The number of likely N-dealkylation sites (tertiary alicyclic amines) is 1. The average molecular weight is 310 g/mol. The molecule has 3 N–H and O–H groups in total. The topological polar surface area (TPSA) is 62.6 Å². The summed E-state index contributed by atoms with van der Waals surface area (Å²) >= 11 is 0. The minimum absolute atomic E-state index is 0.149. The Bertz CT molecular complexity index is 383. The molecule has 0 radical (unpaired) electrons. The third-order valence-electron chi connectivity index (χ3n) is 5.21. The van der Waals surface area contributed by atoms with Crippen molar-refractivity contribution >= 4 is 11.9 Å². The predicted octanol–water partition coefficient (Wildman–Crippen LogP) is 1.09. The van der Waals surface area contributed by atoms with Crippen LogP contribution in [0.2, 0.25) is 0 Å².